The Hall–Kier alpha value is -0.100. The molecule has 0 amide bonds. The van der Waals surface area contributed by atoms with Crippen molar-refractivity contribution < 1.29 is 4.42 Å². The van der Waals surface area contributed by atoms with Crippen molar-refractivity contribution in [2.24, 2.45) is 0 Å². The van der Waals surface area contributed by atoms with E-state index in [2.05, 4.69) is 56.2 Å². The molecule has 0 saturated carbocycles. The summed E-state index contributed by atoms with van der Waals surface area (Å²) < 4.78 is 7.47. The van der Waals surface area contributed by atoms with E-state index in [0.29, 0.717) is 0 Å². The molecular formula is C12H13Br2NOS. The van der Waals surface area contributed by atoms with Gasteiger partial charge in [-0.25, -0.2) is 0 Å². The first-order chi connectivity index (χ1) is 8.15. The zero-order valence-electron chi connectivity index (χ0n) is 9.37. The minimum atomic E-state index is 0.240. The van der Waals surface area contributed by atoms with Gasteiger partial charge in [-0.15, -0.1) is 11.3 Å². The molecule has 0 saturated heterocycles. The van der Waals surface area contributed by atoms with Gasteiger partial charge in [-0.05, 0) is 69.5 Å². The SMILES string of the molecule is CC(NCCc1ccc(Br)s1)c1ccc(Br)o1. The van der Waals surface area contributed by atoms with Crippen LogP contribution in [-0.4, -0.2) is 6.54 Å². The minimum Gasteiger partial charge on any atom is -0.453 e. The van der Waals surface area contributed by atoms with Gasteiger partial charge in [-0.3, -0.25) is 0 Å². The first kappa shape index (κ1) is 13.3. The molecule has 0 radical (unpaired) electrons. The monoisotopic (exact) mass is 377 g/mol. The first-order valence-electron chi connectivity index (χ1n) is 5.38. The van der Waals surface area contributed by atoms with Gasteiger partial charge < -0.3 is 9.73 Å². The van der Waals surface area contributed by atoms with Crippen molar-refractivity contribution in [3.05, 3.63) is 43.4 Å². The molecule has 0 aromatic carbocycles. The maximum absolute atomic E-state index is 5.50. The van der Waals surface area contributed by atoms with Crippen LogP contribution >= 0.6 is 43.2 Å². The van der Waals surface area contributed by atoms with E-state index < -0.39 is 0 Å². The van der Waals surface area contributed by atoms with Gasteiger partial charge in [0.25, 0.3) is 0 Å². The molecule has 0 bridgehead atoms. The minimum absolute atomic E-state index is 0.240. The van der Waals surface area contributed by atoms with Crippen molar-refractivity contribution in [1.29, 1.82) is 0 Å². The third kappa shape index (κ3) is 3.95. The molecule has 17 heavy (non-hydrogen) atoms. The molecule has 2 heterocycles. The fourth-order valence-corrected chi connectivity index (χ4v) is 3.36. The summed E-state index contributed by atoms with van der Waals surface area (Å²) in [5.41, 5.74) is 0. The average molecular weight is 379 g/mol. The van der Waals surface area contributed by atoms with Gasteiger partial charge in [-0.2, -0.15) is 0 Å². The first-order valence-corrected chi connectivity index (χ1v) is 7.78. The Kier molecular flexibility index (Phi) is 4.85. The Morgan fingerprint density at radius 1 is 1.29 bits per heavy atom. The highest BCUT2D eigenvalue weighted by atomic mass is 79.9. The van der Waals surface area contributed by atoms with Crippen molar-refractivity contribution in [3.8, 4) is 0 Å². The molecule has 1 atom stereocenters. The molecule has 2 rings (SSSR count). The van der Waals surface area contributed by atoms with Crippen LogP contribution < -0.4 is 5.32 Å². The summed E-state index contributed by atoms with van der Waals surface area (Å²) in [5, 5.41) is 3.45. The van der Waals surface area contributed by atoms with Gasteiger partial charge in [0.1, 0.15) is 5.76 Å². The van der Waals surface area contributed by atoms with Crippen molar-refractivity contribution >= 4 is 43.2 Å². The number of hydrogen-bond acceptors (Lipinski definition) is 3. The topological polar surface area (TPSA) is 25.2 Å². The molecule has 2 nitrogen and oxygen atoms in total. The summed E-state index contributed by atoms with van der Waals surface area (Å²) in [7, 11) is 0. The molecule has 1 N–H and O–H groups in total. The zero-order valence-corrected chi connectivity index (χ0v) is 13.4. The number of rotatable bonds is 5. The van der Waals surface area contributed by atoms with Crippen molar-refractivity contribution in [3.63, 3.8) is 0 Å². The van der Waals surface area contributed by atoms with E-state index in [1.807, 2.05) is 12.1 Å². The van der Waals surface area contributed by atoms with Gasteiger partial charge in [-0.1, -0.05) is 0 Å². The van der Waals surface area contributed by atoms with E-state index in [4.69, 9.17) is 4.42 Å². The van der Waals surface area contributed by atoms with Crippen molar-refractivity contribution in [2.75, 3.05) is 6.54 Å². The number of hydrogen-bond donors (Lipinski definition) is 1. The third-order valence-corrected chi connectivity index (χ3v) is 4.58. The maximum atomic E-state index is 5.50. The molecule has 1 unspecified atom stereocenters. The molecule has 0 spiro atoms. The highest BCUT2D eigenvalue weighted by Crippen LogP contribution is 2.23. The van der Waals surface area contributed by atoms with Gasteiger partial charge in [0.05, 0.1) is 9.83 Å². The van der Waals surface area contributed by atoms with Crippen molar-refractivity contribution in [2.45, 2.75) is 19.4 Å². The molecule has 0 aliphatic heterocycles. The second-order valence-corrected chi connectivity index (χ2v) is 7.10. The molecular weight excluding hydrogens is 366 g/mol. The van der Waals surface area contributed by atoms with Gasteiger partial charge in [0.2, 0.25) is 0 Å². The summed E-state index contributed by atoms with van der Waals surface area (Å²) in [6.07, 6.45) is 1.04. The number of halogens is 2. The summed E-state index contributed by atoms with van der Waals surface area (Å²) in [6, 6.07) is 8.40. The lowest BCUT2D eigenvalue weighted by atomic mass is 10.2. The van der Waals surface area contributed by atoms with Crippen LogP contribution in [0.3, 0.4) is 0 Å². The fraction of sp³-hybridized carbons (Fsp3) is 0.333. The summed E-state index contributed by atoms with van der Waals surface area (Å²) in [6.45, 7) is 3.06. The van der Waals surface area contributed by atoms with E-state index in [9.17, 15) is 0 Å². The van der Waals surface area contributed by atoms with Crippen LogP contribution in [0.5, 0.6) is 0 Å². The van der Waals surface area contributed by atoms with E-state index in [-0.39, 0.29) is 6.04 Å². The Morgan fingerprint density at radius 3 is 2.71 bits per heavy atom. The van der Waals surface area contributed by atoms with Crippen LogP contribution in [0, 0.1) is 0 Å². The molecule has 5 heteroatoms. The molecule has 0 aliphatic rings. The second-order valence-electron chi connectivity index (χ2n) is 3.77. The lowest BCUT2D eigenvalue weighted by Crippen LogP contribution is -2.20. The summed E-state index contributed by atoms with van der Waals surface area (Å²) in [4.78, 5) is 1.39. The molecule has 2 aromatic rings. The highest BCUT2D eigenvalue weighted by molar-refractivity contribution is 9.11. The van der Waals surface area contributed by atoms with Gasteiger partial charge >= 0.3 is 0 Å². The van der Waals surface area contributed by atoms with Crippen LogP contribution in [-0.2, 0) is 6.42 Å². The summed E-state index contributed by atoms with van der Waals surface area (Å²) >= 11 is 8.57. The Morgan fingerprint density at radius 2 is 2.12 bits per heavy atom. The van der Waals surface area contributed by atoms with Crippen LogP contribution in [0.2, 0.25) is 0 Å². The lowest BCUT2D eigenvalue weighted by molar-refractivity contribution is 0.420. The van der Waals surface area contributed by atoms with Gasteiger partial charge in [0.15, 0.2) is 4.67 Å². The van der Waals surface area contributed by atoms with Crippen LogP contribution in [0.1, 0.15) is 23.6 Å². The lowest BCUT2D eigenvalue weighted by Gasteiger charge is -2.10. The smallest absolute Gasteiger partial charge is 0.169 e. The van der Waals surface area contributed by atoms with Crippen LogP contribution in [0.25, 0.3) is 0 Å². The Labute approximate surface area is 122 Å². The van der Waals surface area contributed by atoms with E-state index >= 15 is 0 Å². The number of thiophene rings is 1. The quantitative estimate of drug-likeness (QED) is 0.811. The largest absolute Gasteiger partial charge is 0.453 e. The predicted molar refractivity (Wildman–Crippen MR) is 78.5 cm³/mol. The fourth-order valence-electron chi connectivity index (χ4n) is 1.56. The maximum Gasteiger partial charge on any atom is 0.169 e. The third-order valence-electron chi connectivity index (χ3n) is 2.47. The standard InChI is InChI=1S/C12H13Br2NOS/c1-8(10-3-4-11(13)16-10)15-7-6-9-2-5-12(14)17-9/h2-5,8,15H,6-7H2,1H3. The van der Waals surface area contributed by atoms with Crippen molar-refractivity contribution in [1.82, 2.24) is 5.32 Å². The normalized spacial score (nSPS) is 12.9. The van der Waals surface area contributed by atoms with Gasteiger partial charge in [0, 0.05) is 11.4 Å². The van der Waals surface area contributed by atoms with Crippen LogP contribution in [0.4, 0.5) is 0 Å². The second kappa shape index (κ2) is 6.18. The van der Waals surface area contributed by atoms with E-state index in [0.717, 1.165) is 23.4 Å². The average Bonchev–Trinajstić information content (AvgIpc) is 2.88. The van der Waals surface area contributed by atoms with E-state index in [1.54, 1.807) is 11.3 Å². The summed E-state index contributed by atoms with van der Waals surface area (Å²) in [5.74, 6) is 0.962. The molecule has 0 aliphatic carbocycles. The Balaban J connectivity index is 1.78. The number of nitrogens with one attached hydrogen (secondary N) is 1. The predicted octanol–water partition coefficient (Wildman–Crippen LogP) is 4.76. The van der Waals surface area contributed by atoms with E-state index in [1.165, 1.54) is 8.66 Å². The molecule has 92 valence electrons. The Bertz CT molecular complexity index is 480. The molecule has 0 fully saturated rings. The highest BCUT2D eigenvalue weighted by Gasteiger charge is 2.08. The number of furan rings is 1. The zero-order chi connectivity index (χ0) is 12.3. The molecule has 2 aromatic heterocycles. The van der Waals surface area contributed by atoms with Crippen LogP contribution in [0.15, 0.2) is 37.1 Å².